The molecule has 0 radical (unpaired) electrons. The van der Waals surface area contributed by atoms with E-state index in [1.54, 1.807) is 0 Å². The molecule has 1 atom stereocenters. The van der Waals surface area contributed by atoms with E-state index in [1.807, 2.05) is 0 Å². The Kier molecular flexibility index (Phi) is 4.94. The first kappa shape index (κ1) is 19.5. The standard InChI is InChI=1S/C17H16F3N5O3/c1-9(26)23-13-4-3-10(6-21-13)11-7-22-14(5-12(11)17(18,19)20)25-15(27)8-24(2)16(25)28/h3-7,15,27H,8H2,1-2H3,(H,21,23,26). The molecule has 1 saturated heterocycles. The van der Waals surface area contributed by atoms with Gasteiger partial charge in [-0.3, -0.25) is 4.79 Å². The predicted octanol–water partition coefficient (Wildman–Crippen LogP) is 2.31. The summed E-state index contributed by atoms with van der Waals surface area (Å²) in [5.41, 5.74) is -1.14. The number of nitrogens with zero attached hydrogens (tertiary/aromatic N) is 4. The lowest BCUT2D eigenvalue weighted by molar-refractivity contribution is -0.137. The molecular weight excluding hydrogens is 379 g/mol. The van der Waals surface area contributed by atoms with Crippen LogP contribution >= 0.6 is 0 Å². The molecule has 1 aliphatic rings. The summed E-state index contributed by atoms with van der Waals surface area (Å²) < 4.78 is 40.9. The van der Waals surface area contributed by atoms with Crippen molar-refractivity contribution >= 4 is 23.6 Å². The zero-order valence-corrected chi connectivity index (χ0v) is 14.9. The number of halogens is 3. The van der Waals surface area contributed by atoms with Crippen LogP contribution in [0, 0.1) is 0 Å². The highest BCUT2D eigenvalue weighted by molar-refractivity contribution is 5.94. The zero-order chi connectivity index (χ0) is 20.6. The summed E-state index contributed by atoms with van der Waals surface area (Å²) in [5.74, 6) is -0.468. The molecule has 2 N–H and O–H groups in total. The van der Waals surface area contributed by atoms with E-state index in [0.717, 1.165) is 17.2 Å². The molecule has 11 heteroatoms. The quantitative estimate of drug-likeness (QED) is 0.831. The number of hydrogen-bond donors (Lipinski definition) is 2. The largest absolute Gasteiger partial charge is 0.417 e. The lowest BCUT2D eigenvalue weighted by Crippen LogP contribution is -2.35. The van der Waals surface area contributed by atoms with Crippen LogP contribution in [0.15, 0.2) is 30.6 Å². The molecule has 1 aliphatic heterocycles. The molecule has 0 spiro atoms. The molecule has 2 aromatic rings. The van der Waals surface area contributed by atoms with E-state index in [1.165, 1.54) is 37.2 Å². The van der Waals surface area contributed by atoms with Crippen molar-refractivity contribution in [3.05, 3.63) is 36.2 Å². The van der Waals surface area contributed by atoms with Crippen molar-refractivity contribution < 1.29 is 27.9 Å². The molecule has 0 aromatic carbocycles. The number of urea groups is 1. The third-order valence-electron chi connectivity index (χ3n) is 4.09. The smallest absolute Gasteiger partial charge is 0.371 e. The second-order valence-corrected chi connectivity index (χ2v) is 6.21. The maximum absolute atomic E-state index is 13.6. The Morgan fingerprint density at radius 2 is 2.00 bits per heavy atom. The molecule has 3 heterocycles. The number of aliphatic hydroxyl groups excluding tert-OH is 1. The zero-order valence-electron chi connectivity index (χ0n) is 14.9. The number of amides is 3. The molecule has 148 valence electrons. The van der Waals surface area contributed by atoms with Crippen LogP contribution in [-0.2, 0) is 11.0 Å². The average Bonchev–Trinajstić information content (AvgIpc) is 2.86. The van der Waals surface area contributed by atoms with E-state index < -0.39 is 24.0 Å². The minimum atomic E-state index is -4.73. The van der Waals surface area contributed by atoms with Crippen LogP contribution in [0.1, 0.15) is 12.5 Å². The van der Waals surface area contributed by atoms with Crippen molar-refractivity contribution in [3.8, 4) is 11.1 Å². The molecule has 1 unspecified atom stereocenters. The second kappa shape index (κ2) is 7.08. The van der Waals surface area contributed by atoms with Crippen LogP contribution in [0.3, 0.4) is 0 Å². The van der Waals surface area contributed by atoms with Gasteiger partial charge in [0.25, 0.3) is 0 Å². The Morgan fingerprint density at radius 1 is 1.29 bits per heavy atom. The van der Waals surface area contributed by atoms with E-state index in [9.17, 15) is 27.9 Å². The minimum absolute atomic E-state index is 0.0435. The summed E-state index contributed by atoms with van der Waals surface area (Å²) in [6.07, 6.45) is -3.87. The molecule has 0 aliphatic carbocycles. The van der Waals surface area contributed by atoms with Crippen LogP contribution in [0.2, 0.25) is 0 Å². The van der Waals surface area contributed by atoms with Gasteiger partial charge in [0, 0.05) is 37.5 Å². The highest BCUT2D eigenvalue weighted by Gasteiger charge is 2.39. The Labute approximate surface area is 157 Å². The molecule has 28 heavy (non-hydrogen) atoms. The first-order chi connectivity index (χ1) is 13.1. The van der Waals surface area contributed by atoms with Crippen LogP contribution in [0.5, 0.6) is 0 Å². The number of anilines is 2. The minimum Gasteiger partial charge on any atom is -0.371 e. The summed E-state index contributed by atoms with van der Waals surface area (Å²) in [6, 6.07) is 2.81. The van der Waals surface area contributed by atoms with Gasteiger partial charge in [-0.05, 0) is 18.2 Å². The van der Waals surface area contributed by atoms with E-state index in [4.69, 9.17) is 0 Å². The SMILES string of the molecule is CC(=O)Nc1ccc(-c2cnc(N3C(=O)N(C)CC3O)cc2C(F)(F)F)cn1. The topological polar surface area (TPSA) is 98.7 Å². The number of hydrogen-bond acceptors (Lipinski definition) is 5. The van der Waals surface area contributed by atoms with Gasteiger partial charge in [-0.25, -0.2) is 19.7 Å². The van der Waals surface area contributed by atoms with Gasteiger partial charge < -0.3 is 15.3 Å². The Hall–Kier alpha value is -3.21. The van der Waals surface area contributed by atoms with Crippen molar-refractivity contribution in [1.29, 1.82) is 0 Å². The fourth-order valence-corrected chi connectivity index (χ4v) is 2.81. The van der Waals surface area contributed by atoms with Crippen LogP contribution in [0.25, 0.3) is 11.1 Å². The van der Waals surface area contributed by atoms with Gasteiger partial charge in [0.2, 0.25) is 5.91 Å². The van der Waals surface area contributed by atoms with Crippen molar-refractivity contribution in [2.75, 3.05) is 23.8 Å². The normalized spacial score (nSPS) is 17.2. The Bertz CT molecular complexity index is 917. The number of nitrogens with one attached hydrogen (secondary N) is 1. The number of β-amino-alcohol motifs (C(OH)–C–C–N with tert-alkyl or cyclic N) is 1. The van der Waals surface area contributed by atoms with Gasteiger partial charge in [-0.15, -0.1) is 0 Å². The number of aliphatic hydroxyl groups is 1. The molecule has 8 nitrogen and oxygen atoms in total. The maximum Gasteiger partial charge on any atom is 0.417 e. The number of pyridine rings is 2. The lowest BCUT2D eigenvalue weighted by atomic mass is 10.0. The number of alkyl halides is 3. The van der Waals surface area contributed by atoms with Gasteiger partial charge in [-0.2, -0.15) is 13.2 Å². The van der Waals surface area contributed by atoms with Gasteiger partial charge in [0.15, 0.2) is 6.23 Å². The molecule has 1 fully saturated rings. The van der Waals surface area contributed by atoms with E-state index in [-0.39, 0.29) is 35.2 Å². The monoisotopic (exact) mass is 395 g/mol. The second-order valence-electron chi connectivity index (χ2n) is 6.21. The molecule has 3 amide bonds. The Balaban J connectivity index is 2.03. The van der Waals surface area contributed by atoms with Crippen LogP contribution in [0.4, 0.5) is 29.6 Å². The molecule has 0 bridgehead atoms. The van der Waals surface area contributed by atoms with Crippen molar-refractivity contribution in [2.24, 2.45) is 0 Å². The third kappa shape index (κ3) is 3.74. The van der Waals surface area contributed by atoms with Crippen molar-refractivity contribution in [1.82, 2.24) is 14.9 Å². The number of aromatic nitrogens is 2. The average molecular weight is 395 g/mol. The van der Waals surface area contributed by atoms with Crippen LogP contribution < -0.4 is 10.2 Å². The van der Waals surface area contributed by atoms with E-state index >= 15 is 0 Å². The fourth-order valence-electron chi connectivity index (χ4n) is 2.81. The summed E-state index contributed by atoms with van der Waals surface area (Å²) in [5, 5.41) is 12.4. The highest BCUT2D eigenvalue weighted by Crippen LogP contribution is 2.39. The van der Waals surface area contributed by atoms with Crippen LogP contribution in [-0.4, -0.2) is 51.7 Å². The fraction of sp³-hybridized carbons (Fsp3) is 0.294. The van der Waals surface area contributed by atoms with Gasteiger partial charge >= 0.3 is 12.2 Å². The third-order valence-corrected chi connectivity index (χ3v) is 4.09. The highest BCUT2D eigenvalue weighted by atomic mass is 19.4. The molecular formula is C17H16F3N5O3. The van der Waals surface area contributed by atoms with Gasteiger partial charge in [0.1, 0.15) is 11.6 Å². The summed E-state index contributed by atoms with van der Waals surface area (Å²) >= 11 is 0. The van der Waals surface area contributed by atoms with Crippen molar-refractivity contribution in [2.45, 2.75) is 19.3 Å². The summed E-state index contributed by atoms with van der Waals surface area (Å²) in [6.45, 7) is 1.24. The van der Waals surface area contributed by atoms with E-state index in [2.05, 4.69) is 15.3 Å². The molecule has 2 aromatic heterocycles. The van der Waals surface area contributed by atoms with E-state index in [0.29, 0.717) is 0 Å². The first-order valence-corrected chi connectivity index (χ1v) is 8.11. The van der Waals surface area contributed by atoms with Crippen molar-refractivity contribution in [3.63, 3.8) is 0 Å². The maximum atomic E-state index is 13.6. The molecule has 0 saturated carbocycles. The summed E-state index contributed by atoms with van der Waals surface area (Å²) in [4.78, 5) is 32.9. The number of carbonyl (C=O) groups excluding carboxylic acids is 2. The lowest BCUT2D eigenvalue weighted by Gasteiger charge is -2.21. The number of likely N-dealkylation sites (N-methyl/N-ethyl adjacent to an activating group) is 1. The number of carbonyl (C=O) groups is 2. The van der Waals surface area contributed by atoms with Gasteiger partial charge in [0.05, 0.1) is 12.1 Å². The molecule has 3 rings (SSSR count). The van der Waals surface area contributed by atoms with Gasteiger partial charge in [-0.1, -0.05) is 0 Å². The first-order valence-electron chi connectivity index (χ1n) is 8.11. The Morgan fingerprint density at radius 3 is 2.50 bits per heavy atom. The number of rotatable bonds is 3. The predicted molar refractivity (Wildman–Crippen MR) is 93.3 cm³/mol. The summed E-state index contributed by atoms with van der Waals surface area (Å²) in [7, 11) is 1.42.